The number of halogens is 2. The van der Waals surface area contributed by atoms with Gasteiger partial charge >= 0.3 is 5.97 Å². The molecule has 2 rings (SSSR count). The molecule has 0 heterocycles. The third-order valence-corrected chi connectivity index (χ3v) is 4.07. The van der Waals surface area contributed by atoms with Crippen molar-refractivity contribution in [2.75, 3.05) is 19.5 Å². The van der Waals surface area contributed by atoms with Gasteiger partial charge in [0.2, 0.25) is 0 Å². The zero-order chi connectivity index (χ0) is 17.0. The number of ether oxygens (including phenoxy) is 2. The smallest absolute Gasteiger partial charge is 0.337 e. The second-order valence-corrected chi connectivity index (χ2v) is 6.26. The molecule has 2 aromatic rings. The van der Waals surface area contributed by atoms with Gasteiger partial charge in [0.15, 0.2) is 0 Å². The van der Waals surface area contributed by atoms with Gasteiger partial charge < -0.3 is 14.8 Å². The van der Waals surface area contributed by atoms with Crippen LogP contribution in [0.3, 0.4) is 0 Å². The summed E-state index contributed by atoms with van der Waals surface area (Å²) in [5.41, 5.74) is 1.35. The molecule has 0 bridgehead atoms. The molecule has 0 aromatic heterocycles. The average molecular weight is 443 g/mol. The van der Waals surface area contributed by atoms with Crippen molar-refractivity contribution in [3.8, 4) is 5.75 Å². The maximum absolute atomic E-state index is 12.4. The van der Waals surface area contributed by atoms with Crippen LogP contribution < -0.4 is 10.1 Å². The normalized spacial score (nSPS) is 10.1. The molecule has 0 saturated carbocycles. The van der Waals surface area contributed by atoms with Crippen LogP contribution in [0.25, 0.3) is 0 Å². The molecule has 0 fully saturated rings. The summed E-state index contributed by atoms with van der Waals surface area (Å²) in [6.45, 7) is 0. The second-order valence-electron chi connectivity index (χ2n) is 4.49. The summed E-state index contributed by atoms with van der Waals surface area (Å²) < 4.78 is 11.3. The molecule has 120 valence electrons. The second kappa shape index (κ2) is 7.61. The van der Waals surface area contributed by atoms with Gasteiger partial charge in [0.25, 0.3) is 5.91 Å². The van der Waals surface area contributed by atoms with Crippen molar-refractivity contribution in [3.63, 3.8) is 0 Å². The van der Waals surface area contributed by atoms with Gasteiger partial charge in [-0.05, 0) is 52.3 Å². The first-order chi connectivity index (χ1) is 11.0. The highest BCUT2D eigenvalue weighted by Crippen LogP contribution is 2.33. The summed E-state index contributed by atoms with van der Waals surface area (Å²) in [7, 11) is 2.81. The molecular formula is C16H13Br2NO4. The highest BCUT2D eigenvalue weighted by Gasteiger charge is 2.16. The molecule has 0 saturated heterocycles. The van der Waals surface area contributed by atoms with Gasteiger partial charge in [-0.25, -0.2) is 4.79 Å². The highest BCUT2D eigenvalue weighted by molar-refractivity contribution is 9.11. The number of carbonyl (C=O) groups is 2. The average Bonchev–Trinajstić information content (AvgIpc) is 2.54. The predicted molar refractivity (Wildman–Crippen MR) is 94.1 cm³/mol. The fraction of sp³-hybridized carbons (Fsp3) is 0.125. The van der Waals surface area contributed by atoms with Crippen molar-refractivity contribution in [2.45, 2.75) is 0 Å². The number of hydrogen-bond donors (Lipinski definition) is 1. The Balaban J connectivity index is 2.24. The third-order valence-electron chi connectivity index (χ3n) is 3.02. The SMILES string of the molecule is COC(=O)c1ccc(NC(=O)c2cc(Br)cc(Br)c2OC)cc1. The Morgan fingerprint density at radius 3 is 2.26 bits per heavy atom. The summed E-state index contributed by atoms with van der Waals surface area (Å²) in [5.74, 6) is -0.313. The molecule has 2 aromatic carbocycles. The minimum atomic E-state index is -0.430. The van der Waals surface area contributed by atoms with E-state index in [1.54, 1.807) is 36.4 Å². The molecule has 0 unspecified atom stereocenters. The summed E-state index contributed by atoms with van der Waals surface area (Å²) in [4.78, 5) is 23.8. The minimum absolute atomic E-state index is 0.324. The first-order valence-electron chi connectivity index (χ1n) is 6.49. The van der Waals surface area contributed by atoms with Gasteiger partial charge in [0.1, 0.15) is 5.75 Å². The van der Waals surface area contributed by atoms with E-state index < -0.39 is 5.97 Å². The predicted octanol–water partition coefficient (Wildman–Crippen LogP) is 4.26. The van der Waals surface area contributed by atoms with Crippen molar-refractivity contribution >= 4 is 49.4 Å². The Labute approximate surface area is 150 Å². The molecule has 7 heteroatoms. The number of amides is 1. The van der Waals surface area contributed by atoms with Crippen LogP contribution in [0.4, 0.5) is 5.69 Å². The minimum Gasteiger partial charge on any atom is -0.495 e. The maximum atomic E-state index is 12.4. The van der Waals surface area contributed by atoms with E-state index >= 15 is 0 Å². The lowest BCUT2D eigenvalue weighted by atomic mass is 10.1. The zero-order valence-corrected chi connectivity index (χ0v) is 15.5. The van der Waals surface area contributed by atoms with Crippen molar-refractivity contribution in [1.82, 2.24) is 0 Å². The van der Waals surface area contributed by atoms with Crippen LogP contribution in [0.5, 0.6) is 5.75 Å². The zero-order valence-electron chi connectivity index (χ0n) is 12.4. The van der Waals surface area contributed by atoms with Crippen molar-refractivity contribution in [3.05, 3.63) is 56.5 Å². The van der Waals surface area contributed by atoms with Crippen molar-refractivity contribution in [2.24, 2.45) is 0 Å². The van der Waals surface area contributed by atoms with E-state index in [9.17, 15) is 9.59 Å². The van der Waals surface area contributed by atoms with E-state index in [4.69, 9.17) is 4.74 Å². The lowest BCUT2D eigenvalue weighted by Crippen LogP contribution is -2.13. The van der Waals surface area contributed by atoms with Gasteiger partial charge in [-0.2, -0.15) is 0 Å². The molecule has 0 spiro atoms. The van der Waals surface area contributed by atoms with Crippen LogP contribution in [-0.2, 0) is 4.74 Å². The van der Waals surface area contributed by atoms with Crippen molar-refractivity contribution < 1.29 is 19.1 Å². The van der Waals surface area contributed by atoms with Gasteiger partial charge in [-0.1, -0.05) is 15.9 Å². The third kappa shape index (κ3) is 4.11. The standard InChI is InChI=1S/C16H13Br2NO4/c1-22-14-12(7-10(17)8-13(14)18)15(20)19-11-5-3-9(4-6-11)16(21)23-2/h3-8H,1-2H3,(H,19,20). The van der Waals surface area contributed by atoms with Crippen LogP contribution in [0.2, 0.25) is 0 Å². The molecule has 23 heavy (non-hydrogen) atoms. The van der Waals surface area contributed by atoms with Crippen LogP contribution in [0, 0.1) is 0 Å². The molecule has 0 atom stereocenters. The number of nitrogens with one attached hydrogen (secondary N) is 1. The van der Waals surface area contributed by atoms with E-state index in [0.717, 1.165) is 4.47 Å². The lowest BCUT2D eigenvalue weighted by molar-refractivity contribution is 0.0600. The Morgan fingerprint density at radius 1 is 1.04 bits per heavy atom. The maximum Gasteiger partial charge on any atom is 0.337 e. The molecule has 5 nitrogen and oxygen atoms in total. The fourth-order valence-corrected chi connectivity index (χ4v) is 3.33. The summed E-state index contributed by atoms with van der Waals surface area (Å²) >= 11 is 6.71. The van der Waals surface area contributed by atoms with Gasteiger partial charge in [0, 0.05) is 10.2 Å². The molecule has 1 N–H and O–H groups in total. The Bertz CT molecular complexity index is 744. The topological polar surface area (TPSA) is 64.6 Å². The Morgan fingerprint density at radius 2 is 1.70 bits per heavy atom. The number of rotatable bonds is 4. The van der Waals surface area contributed by atoms with Crippen LogP contribution in [-0.4, -0.2) is 26.1 Å². The van der Waals surface area contributed by atoms with Crippen LogP contribution >= 0.6 is 31.9 Å². The largest absolute Gasteiger partial charge is 0.495 e. The fourth-order valence-electron chi connectivity index (χ4n) is 1.94. The molecular weight excluding hydrogens is 430 g/mol. The van der Waals surface area contributed by atoms with Gasteiger partial charge in [-0.15, -0.1) is 0 Å². The molecule has 0 aliphatic carbocycles. The summed E-state index contributed by atoms with van der Waals surface area (Å²) in [6, 6.07) is 9.88. The van der Waals surface area contributed by atoms with E-state index in [0.29, 0.717) is 27.0 Å². The molecule has 0 aliphatic rings. The summed E-state index contributed by atoms with van der Waals surface area (Å²) in [6.07, 6.45) is 0. The Hall–Kier alpha value is -1.86. The lowest BCUT2D eigenvalue weighted by Gasteiger charge is -2.12. The quantitative estimate of drug-likeness (QED) is 0.718. The first-order valence-corrected chi connectivity index (χ1v) is 8.07. The van der Waals surface area contributed by atoms with E-state index in [2.05, 4.69) is 41.9 Å². The molecule has 0 radical (unpaired) electrons. The number of methoxy groups -OCH3 is 2. The summed E-state index contributed by atoms with van der Waals surface area (Å²) in [5, 5.41) is 2.76. The molecule has 1 amide bonds. The Kier molecular flexibility index (Phi) is 5.79. The first kappa shape index (κ1) is 17.5. The van der Waals surface area contributed by atoms with Crippen LogP contribution in [0.1, 0.15) is 20.7 Å². The molecule has 0 aliphatic heterocycles. The van der Waals surface area contributed by atoms with Crippen LogP contribution in [0.15, 0.2) is 45.3 Å². The van der Waals surface area contributed by atoms with Gasteiger partial charge in [-0.3, -0.25) is 4.79 Å². The van der Waals surface area contributed by atoms with Crippen molar-refractivity contribution in [1.29, 1.82) is 0 Å². The van der Waals surface area contributed by atoms with E-state index in [-0.39, 0.29) is 5.91 Å². The number of anilines is 1. The van der Waals surface area contributed by atoms with Gasteiger partial charge in [0.05, 0.1) is 29.8 Å². The number of hydrogen-bond acceptors (Lipinski definition) is 4. The number of carbonyl (C=O) groups excluding carboxylic acids is 2. The van der Waals surface area contributed by atoms with E-state index in [1.165, 1.54) is 14.2 Å². The highest BCUT2D eigenvalue weighted by atomic mass is 79.9. The number of esters is 1. The van der Waals surface area contributed by atoms with E-state index in [1.807, 2.05) is 0 Å². The number of benzene rings is 2. The monoisotopic (exact) mass is 441 g/mol.